The van der Waals surface area contributed by atoms with Crippen LogP contribution in [-0.2, 0) is 19.5 Å². The summed E-state index contributed by atoms with van der Waals surface area (Å²) in [7, 11) is 0. The average molecular weight is 397 g/mol. The molecule has 1 amide bonds. The van der Waals surface area contributed by atoms with Crippen LogP contribution in [0.2, 0.25) is 0 Å². The molecule has 0 aromatic carbocycles. The average Bonchev–Trinajstić information content (AvgIpc) is 3.12. The maximum atomic E-state index is 12.7. The van der Waals surface area contributed by atoms with Crippen molar-refractivity contribution in [2.24, 2.45) is 5.92 Å². The quantitative estimate of drug-likeness (QED) is 0.705. The van der Waals surface area contributed by atoms with Gasteiger partial charge < -0.3 is 5.32 Å². The minimum absolute atomic E-state index is 0.0113. The van der Waals surface area contributed by atoms with Gasteiger partial charge in [0.1, 0.15) is 5.82 Å². The fraction of sp³-hybridized carbons (Fsp3) is 0.550. The van der Waals surface area contributed by atoms with E-state index >= 15 is 0 Å². The van der Waals surface area contributed by atoms with Crippen LogP contribution < -0.4 is 11.0 Å². The Bertz CT molecular complexity index is 1090. The monoisotopic (exact) mass is 397 g/mol. The van der Waals surface area contributed by atoms with Crippen molar-refractivity contribution in [2.75, 3.05) is 0 Å². The molecule has 1 N–H and O–H groups in total. The standard InChI is InChI=1S/C20H27N7O2/c1-13(2)6-9-26-20(29)25-8-7-16(4-5-17(25)24-26)22-19(28)15-11-21-18-10-14(3)23-27(18)12-15/h10-13,16H,4-9H2,1-3H3,(H,22,28). The third kappa shape index (κ3) is 4.08. The lowest BCUT2D eigenvalue weighted by molar-refractivity contribution is 0.0932. The Balaban J connectivity index is 1.41. The second kappa shape index (κ2) is 7.81. The number of hydrogen-bond donors (Lipinski definition) is 1. The van der Waals surface area contributed by atoms with Gasteiger partial charge in [0.05, 0.1) is 11.3 Å². The Hall–Kier alpha value is -2.97. The number of hydrogen-bond acceptors (Lipinski definition) is 5. The van der Waals surface area contributed by atoms with E-state index in [1.807, 2.05) is 13.0 Å². The number of carbonyl (C=O) groups excluding carboxylic acids is 1. The maximum absolute atomic E-state index is 12.7. The van der Waals surface area contributed by atoms with E-state index in [1.165, 1.54) is 0 Å². The molecule has 0 radical (unpaired) electrons. The first-order valence-electron chi connectivity index (χ1n) is 10.2. The second-order valence-corrected chi connectivity index (χ2v) is 8.18. The summed E-state index contributed by atoms with van der Waals surface area (Å²) in [4.78, 5) is 29.6. The Morgan fingerprint density at radius 1 is 1.31 bits per heavy atom. The summed E-state index contributed by atoms with van der Waals surface area (Å²) in [6.07, 6.45) is 6.32. The van der Waals surface area contributed by atoms with Crippen molar-refractivity contribution in [3.05, 3.63) is 46.0 Å². The number of aryl methyl sites for hydroxylation is 3. The van der Waals surface area contributed by atoms with Gasteiger partial charge >= 0.3 is 5.69 Å². The van der Waals surface area contributed by atoms with E-state index in [-0.39, 0.29) is 17.6 Å². The summed E-state index contributed by atoms with van der Waals surface area (Å²) in [6.45, 7) is 7.38. The van der Waals surface area contributed by atoms with Gasteiger partial charge in [-0.05, 0) is 32.1 Å². The molecule has 3 aromatic rings. The second-order valence-electron chi connectivity index (χ2n) is 8.18. The van der Waals surface area contributed by atoms with Crippen LogP contribution in [0.25, 0.3) is 5.65 Å². The van der Waals surface area contributed by atoms with Gasteiger partial charge in [-0.2, -0.15) is 10.2 Å². The highest BCUT2D eigenvalue weighted by molar-refractivity contribution is 5.94. The van der Waals surface area contributed by atoms with Crippen molar-refractivity contribution in [3.8, 4) is 0 Å². The Morgan fingerprint density at radius 3 is 2.93 bits per heavy atom. The largest absolute Gasteiger partial charge is 0.349 e. The number of carbonyl (C=O) groups is 1. The zero-order chi connectivity index (χ0) is 20.5. The van der Waals surface area contributed by atoms with E-state index in [0.29, 0.717) is 43.1 Å². The molecule has 1 aliphatic rings. The number of nitrogens with zero attached hydrogens (tertiary/aromatic N) is 6. The van der Waals surface area contributed by atoms with Gasteiger partial charge in [-0.25, -0.2) is 19.0 Å². The summed E-state index contributed by atoms with van der Waals surface area (Å²) in [5.41, 5.74) is 2.00. The molecule has 9 heteroatoms. The normalized spacial score (nSPS) is 16.8. The molecule has 154 valence electrons. The molecule has 4 heterocycles. The maximum Gasteiger partial charge on any atom is 0.345 e. The molecule has 0 aliphatic carbocycles. The Labute approximate surface area is 168 Å². The van der Waals surface area contributed by atoms with Crippen molar-refractivity contribution in [1.82, 2.24) is 34.3 Å². The van der Waals surface area contributed by atoms with Crippen LogP contribution in [0, 0.1) is 12.8 Å². The van der Waals surface area contributed by atoms with Crippen LogP contribution in [0.15, 0.2) is 23.3 Å². The van der Waals surface area contributed by atoms with Gasteiger partial charge in [0.2, 0.25) is 0 Å². The molecule has 9 nitrogen and oxygen atoms in total. The zero-order valence-electron chi connectivity index (χ0n) is 17.1. The highest BCUT2D eigenvalue weighted by Crippen LogP contribution is 2.13. The first kappa shape index (κ1) is 19.4. The van der Waals surface area contributed by atoms with E-state index < -0.39 is 0 Å². The number of nitrogens with one attached hydrogen (secondary N) is 1. The van der Waals surface area contributed by atoms with Crippen molar-refractivity contribution in [1.29, 1.82) is 0 Å². The van der Waals surface area contributed by atoms with E-state index in [1.54, 1.807) is 26.2 Å². The number of aromatic nitrogens is 6. The minimum atomic E-state index is -0.175. The van der Waals surface area contributed by atoms with Crippen LogP contribution in [-0.4, -0.2) is 40.9 Å². The predicted octanol–water partition coefficient (Wildman–Crippen LogP) is 1.58. The smallest absolute Gasteiger partial charge is 0.345 e. The molecule has 4 rings (SSSR count). The van der Waals surface area contributed by atoms with Crippen LogP contribution in [0.1, 0.15) is 55.0 Å². The van der Waals surface area contributed by atoms with Gasteiger partial charge in [-0.3, -0.25) is 9.36 Å². The van der Waals surface area contributed by atoms with E-state index in [0.717, 1.165) is 24.4 Å². The molecular weight excluding hydrogens is 370 g/mol. The molecule has 0 bridgehead atoms. The third-order valence-corrected chi connectivity index (χ3v) is 5.37. The lowest BCUT2D eigenvalue weighted by atomic mass is 10.1. The first-order chi connectivity index (χ1) is 13.9. The number of fused-ring (bicyclic) bond motifs is 2. The molecule has 29 heavy (non-hydrogen) atoms. The van der Waals surface area contributed by atoms with Crippen LogP contribution >= 0.6 is 0 Å². The van der Waals surface area contributed by atoms with E-state index in [4.69, 9.17) is 0 Å². The molecule has 1 unspecified atom stereocenters. The molecule has 0 saturated carbocycles. The van der Waals surface area contributed by atoms with Crippen molar-refractivity contribution >= 4 is 11.6 Å². The molecule has 1 aliphatic heterocycles. The van der Waals surface area contributed by atoms with Gasteiger partial charge in [0.15, 0.2) is 5.65 Å². The lowest BCUT2D eigenvalue weighted by Crippen LogP contribution is -2.36. The number of rotatable bonds is 5. The van der Waals surface area contributed by atoms with Crippen LogP contribution in [0.4, 0.5) is 0 Å². The summed E-state index contributed by atoms with van der Waals surface area (Å²) in [5, 5.41) is 11.9. The Kier molecular flexibility index (Phi) is 5.21. The van der Waals surface area contributed by atoms with Crippen LogP contribution in [0.3, 0.4) is 0 Å². The zero-order valence-corrected chi connectivity index (χ0v) is 17.1. The highest BCUT2D eigenvalue weighted by atomic mass is 16.2. The van der Waals surface area contributed by atoms with Gasteiger partial charge in [0.25, 0.3) is 5.91 Å². The number of amides is 1. The van der Waals surface area contributed by atoms with Crippen molar-refractivity contribution < 1.29 is 4.79 Å². The lowest BCUT2D eigenvalue weighted by Gasteiger charge is -2.16. The topological polar surface area (TPSA) is 99.1 Å². The minimum Gasteiger partial charge on any atom is -0.349 e. The van der Waals surface area contributed by atoms with E-state index in [2.05, 4.69) is 34.3 Å². The van der Waals surface area contributed by atoms with Crippen LogP contribution in [0.5, 0.6) is 0 Å². The SMILES string of the molecule is Cc1cc2ncc(C(=O)NC3CCc4nn(CCC(C)C)c(=O)n4CC3)cn2n1. The summed E-state index contributed by atoms with van der Waals surface area (Å²) in [6, 6.07) is 1.85. The van der Waals surface area contributed by atoms with Crippen molar-refractivity contribution in [2.45, 2.75) is 65.6 Å². The van der Waals surface area contributed by atoms with Gasteiger partial charge in [-0.1, -0.05) is 13.8 Å². The van der Waals surface area contributed by atoms with Crippen molar-refractivity contribution in [3.63, 3.8) is 0 Å². The molecular formula is C20H27N7O2. The van der Waals surface area contributed by atoms with E-state index in [9.17, 15) is 9.59 Å². The third-order valence-electron chi connectivity index (χ3n) is 5.37. The van der Waals surface area contributed by atoms with Gasteiger partial charge in [0, 0.05) is 44.0 Å². The fourth-order valence-corrected chi connectivity index (χ4v) is 3.68. The predicted molar refractivity (Wildman–Crippen MR) is 108 cm³/mol. The molecule has 0 spiro atoms. The molecule has 0 fully saturated rings. The van der Waals surface area contributed by atoms with Gasteiger partial charge in [-0.15, -0.1) is 0 Å². The summed E-state index contributed by atoms with van der Waals surface area (Å²) >= 11 is 0. The first-order valence-corrected chi connectivity index (χ1v) is 10.2. The summed E-state index contributed by atoms with van der Waals surface area (Å²) < 4.78 is 4.96. The molecule has 1 atom stereocenters. The highest BCUT2D eigenvalue weighted by Gasteiger charge is 2.22. The molecule has 3 aromatic heterocycles. The molecule has 0 saturated heterocycles. The fourth-order valence-electron chi connectivity index (χ4n) is 3.68. The summed E-state index contributed by atoms with van der Waals surface area (Å²) in [5.74, 6) is 1.17. The Morgan fingerprint density at radius 2 is 2.14 bits per heavy atom.